The number of rotatable bonds is 1. The maximum atomic E-state index is 10.2. The molecule has 1 heterocycles. The van der Waals surface area contributed by atoms with Crippen LogP contribution in [0.3, 0.4) is 0 Å². The van der Waals surface area contributed by atoms with Crippen molar-refractivity contribution in [1.82, 2.24) is 9.97 Å². The van der Waals surface area contributed by atoms with Gasteiger partial charge >= 0.3 is 6.03 Å². The molecule has 0 spiro atoms. The highest BCUT2D eigenvalue weighted by Gasteiger charge is 1.97. The summed E-state index contributed by atoms with van der Waals surface area (Å²) in [4.78, 5) is 16.8. The number of nitrogens with two attached hydrogens (primary N) is 1. The normalized spacial score (nSPS) is 9.30. The summed E-state index contributed by atoms with van der Waals surface area (Å²) in [5.74, 6) is 0.380. The molecule has 0 aromatic carbocycles. The van der Waals surface area contributed by atoms with Gasteiger partial charge < -0.3 is 10.7 Å². The number of aryl methyl sites for hydroxylation is 1. The van der Waals surface area contributed by atoms with Crippen LogP contribution in [-0.4, -0.2) is 16.0 Å². The van der Waals surface area contributed by atoms with Crippen LogP contribution in [-0.2, 0) is 0 Å². The molecule has 0 unspecified atom stereocenters. The Bertz CT molecular complexity index is 242. The average molecular weight is 140 g/mol. The number of primary amides is 1. The van der Waals surface area contributed by atoms with Crippen LogP contribution >= 0.6 is 0 Å². The number of H-pyrrole nitrogens is 1. The summed E-state index contributed by atoms with van der Waals surface area (Å²) >= 11 is 0. The smallest absolute Gasteiger partial charge is 0.318 e. The fraction of sp³-hybridized carbons (Fsp3) is 0.200. The zero-order valence-corrected chi connectivity index (χ0v) is 5.51. The number of hydrogen-bond acceptors (Lipinski definition) is 2. The minimum atomic E-state index is -0.616. The molecule has 5 heteroatoms. The van der Waals surface area contributed by atoms with E-state index < -0.39 is 6.03 Å². The predicted molar refractivity (Wildman–Crippen MR) is 36.5 cm³/mol. The van der Waals surface area contributed by atoms with E-state index in [4.69, 9.17) is 5.73 Å². The Morgan fingerprint density at radius 2 is 2.60 bits per heavy atom. The zero-order valence-electron chi connectivity index (χ0n) is 5.51. The summed E-state index contributed by atoms with van der Waals surface area (Å²) in [6.07, 6.45) is 1.60. The minimum absolute atomic E-state index is 0.380. The third-order valence-corrected chi connectivity index (χ3v) is 0.944. The van der Waals surface area contributed by atoms with Gasteiger partial charge in [0.05, 0.1) is 0 Å². The van der Waals surface area contributed by atoms with E-state index in [0.717, 1.165) is 5.69 Å². The van der Waals surface area contributed by atoms with Crippen LogP contribution in [0.2, 0.25) is 0 Å². The van der Waals surface area contributed by atoms with Crippen LogP contribution in [0.25, 0.3) is 0 Å². The lowest BCUT2D eigenvalue weighted by atomic mass is 10.6. The molecule has 0 saturated heterocycles. The molecule has 1 aromatic rings. The molecule has 0 aliphatic rings. The zero-order chi connectivity index (χ0) is 7.56. The number of aromatic nitrogens is 2. The van der Waals surface area contributed by atoms with E-state index in [1.54, 1.807) is 6.20 Å². The monoisotopic (exact) mass is 140 g/mol. The highest BCUT2D eigenvalue weighted by atomic mass is 16.2. The lowest BCUT2D eigenvalue weighted by Gasteiger charge is -1.92. The van der Waals surface area contributed by atoms with Crippen molar-refractivity contribution in [2.24, 2.45) is 5.73 Å². The quantitative estimate of drug-likeness (QED) is 0.521. The molecule has 1 aromatic heterocycles. The summed E-state index contributed by atoms with van der Waals surface area (Å²) in [7, 11) is 0. The summed E-state index contributed by atoms with van der Waals surface area (Å²) in [5, 5.41) is 2.30. The second kappa shape index (κ2) is 2.38. The molecule has 0 aliphatic heterocycles. The largest absolute Gasteiger partial charge is 0.351 e. The maximum absolute atomic E-state index is 10.2. The molecule has 0 aliphatic carbocycles. The molecule has 0 atom stereocenters. The predicted octanol–water partition coefficient (Wildman–Crippen LogP) is 0.209. The van der Waals surface area contributed by atoms with Crippen molar-refractivity contribution in [2.75, 3.05) is 5.32 Å². The van der Waals surface area contributed by atoms with E-state index in [2.05, 4.69) is 15.3 Å². The molecule has 0 bridgehead atoms. The molecular formula is C5H8N4O. The molecular weight excluding hydrogens is 132 g/mol. The van der Waals surface area contributed by atoms with E-state index in [1.807, 2.05) is 6.92 Å². The number of imidazole rings is 1. The first-order chi connectivity index (χ1) is 4.68. The topological polar surface area (TPSA) is 83.8 Å². The standard InChI is InChI=1S/C5H8N4O/c1-3-2-7-5(8-3)9-4(6)10/h2H,1H3,(H4,6,7,8,9,10). The molecule has 54 valence electrons. The molecule has 0 saturated carbocycles. The van der Waals surface area contributed by atoms with Crippen molar-refractivity contribution in [3.63, 3.8) is 0 Å². The molecule has 1 rings (SSSR count). The van der Waals surface area contributed by atoms with E-state index in [1.165, 1.54) is 0 Å². The fourth-order valence-corrected chi connectivity index (χ4v) is 0.593. The Balaban J connectivity index is 2.67. The van der Waals surface area contributed by atoms with Crippen LogP contribution in [0.1, 0.15) is 5.69 Å². The Morgan fingerprint density at radius 3 is 3.00 bits per heavy atom. The van der Waals surface area contributed by atoms with Crippen LogP contribution in [0, 0.1) is 6.92 Å². The number of carbonyl (C=O) groups is 1. The minimum Gasteiger partial charge on any atom is -0.351 e. The molecule has 0 radical (unpaired) electrons. The van der Waals surface area contributed by atoms with Gasteiger partial charge in [-0.3, -0.25) is 5.32 Å². The van der Waals surface area contributed by atoms with Crippen LogP contribution < -0.4 is 11.1 Å². The van der Waals surface area contributed by atoms with Gasteiger partial charge in [-0.05, 0) is 6.92 Å². The van der Waals surface area contributed by atoms with Crippen molar-refractivity contribution in [3.8, 4) is 0 Å². The number of aromatic amines is 1. The Kier molecular flexibility index (Phi) is 1.57. The summed E-state index contributed by atoms with van der Waals surface area (Å²) in [6, 6.07) is -0.616. The maximum Gasteiger partial charge on any atom is 0.318 e. The molecule has 0 fully saturated rings. The Morgan fingerprint density at radius 1 is 1.90 bits per heavy atom. The van der Waals surface area contributed by atoms with E-state index in [0.29, 0.717) is 5.95 Å². The number of nitrogens with zero attached hydrogens (tertiary/aromatic N) is 1. The van der Waals surface area contributed by atoms with Crippen molar-refractivity contribution >= 4 is 12.0 Å². The van der Waals surface area contributed by atoms with Crippen molar-refractivity contribution < 1.29 is 4.79 Å². The van der Waals surface area contributed by atoms with Crippen LogP contribution in [0.5, 0.6) is 0 Å². The number of amides is 2. The number of carbonyl (C=O) groups excluding carboxylic acids is 1. The summed E-state index contributed by atoms with van der Waals surface area (Å²) in [6.45, 7) is 1.83. The molecule has 5 nitrogen and oxygen atoms in total. The first-order valence-electron chi connectivity index (χ1n) is 2.76. The number of urea groups is 1. The summed E-state index contributed by atoms with van der Waals surface area (Å²) < 4.78 is 0. The number of anilines is 1. The number of nitrogens with one attached hydrogen (secondary N) is 2. The van der Waals surface area contributed by atoms with Gasteiger partial charge in [-0.15, -0.1) is 0 Å². The van der Waals surface area contributed by atoms with Crippen LogP contribution in [0.15, 0.2) is 6.20 Å². The Hall–Kier alpha value is -1.52. The van der Waals surface area contributed by atoms with Gasteiger partial charge in [-0.1, -0.05) is 0 Å². The van der Waals surface area contributed by atoms with Gasteiger partial charge in [-0.25, -0.2) is 9.78 Å². The van der Waals surface area contributed by atoms with E-state index in [-0.39, 0.29) is 0 Å². The van der Waals surface area contributed by atoms with Gasteiger partial charge in [0.15, 0.2) is 0 Å². The number of hydrogen-bond donors (Lipinski definition) is 3. The molecule has 4 N–H and O–H groups in total. The van der Waals surface area contributed by atoms with E-state index in [9.17, 15) is 4.79 Å². The van der Waals surface area contributed by atoms with E-state index >= 15 is 0 Å². The fourth-order valence-electron chi connectivity index (χ4n) is 0.593. The van der Waals surface area contributed by atoms with Crippen molar-refractivity contribution in [2.45, 2.75) is 6.92 Å². The third kappa shape index (κ3) is 1.48. The first kappa shape index (κ1) is 6.60. The summed E-state index contributed by atoms with van der Waals surface area (Å²) in [5.41, 5.74) is 5.70. The van der Waals surface area contributed by atoms with Crippen LogP contribution in [0.4, 0.5) is 10.7 Å². The Labute approximate surface area is 57.6 Å². The molecule has 2 amide bonds. The lowest BCUT2D eigenvalue weighted by Crippen LogP contribution is -2.19. The van der Waals surface area contributed by atoms with Gasteiger partial charge in [0.2, 0.25) is 5.95 Å². The van der Waals surface area contributed by atoms with Gasteiger partial charge in [0, 0.05) is 11.9 Å². The van der Waals surface area contributed by atoms with Gasteiger partial charge in [0.1, 0.15) is 0 Å². The average Bonchev–Trinajstić information content (AvgIpc) is 2.13. The van der Waals surface area contributed by atoms with Crippen molar-refractivity contribution in [3.05, 3.63) is 11.9 Å². The molecule has 10 heavy (non-hydrogen) atoms. The second-order valence-electron chi connectivity index (χ2n) is 1.90. The van der Waals surface area contributed by atoms with Gasteiger partial charge in [0.25, 0.3) is 0 Å². The first-order valence-corrected chi connectivity index (χ1v) is 2.76. The lowest BCUT2D eigenvalue weighted by molar-refractivity contribution is 0.259. The second-order valence-corrected chi connectivity index (χ2v) is 1.90. The van der Waals surface area contributed by atoms with Crippen molar-refractivity contribution in [1.29, 1.82) is 0 Å². The SMILES string of the molecule is Cc1cnc(NC(N)=O)[nH]1. The third-order valence-electron chi connectivity index (χ3n) is 0.944. The highest BCUT2D eigenvalue weighted by molar-refractivity contribution is 5.85. The van der Waals surface area contributed by atoms with Gasteiger partial charge in [-0.2, -0.15) is 0 Å². The highest BCUT2D eigenvalue weighted by Crippen LogP contribution is 1.98.